The lowest BCUT2D eigenvalue weighted by Gasteiger charge is -2.13. The lowest BCUT2D eigenvalue weighted by Crippen LogP contribution is -2.00. The Morgan fingerprint density at radius 2 is 1.60 bits per heavy atom. The van der Waals surface area contributed by atoms with Crippen molar-refractivity contribution < 1.29 is 18.6 Å². The Balaban J connectivity index is 1.86. The second kappa shape index (κ2) is 5.21. The maximum absolute atomic E-state index is 12.5. The lowest BCUT2D eigenvalue weighted by atomic mass is 9.98. The highest BCUT2D eigenvalue weighted by Crippen LogP contribution is 2.31. The van der Waals surface area contributed by atoms with Gasteiger partial charge >= 0.3 is 0 Å². The molecular weight excluding hydrogens is 262 g/mol. The molecule has 0 fully saturated rings. The number of aliphatic hydroxyl groups is 1. The lowest BCUT2D eigenvalue weighted by molar-refractivity contribution is 0.151. The molecule has 0 bridgehead atoms. The smallest absolute Gasteiger partial charge is 0.263 e. The number of benzene rings is 2. The van der Waals surface area contributed by atoms with Gasteiger partial charge in [-0.2, -0.15) is 0 Å². The topological polar surface area (TPSA) is 29.5 Å². The van der Waals surface area contributed by atoms with Gasteiger partial charge in [-0.1, -0.05) is 30.3 Å². The Morgan fingerprint density at radius 1 is 0.950 bits per heavy atom. The van der Waals surface area contributed by atoms with E-state index < -0.39 is 12.5 Å². The van der Waals surface area contributed by atoms with E-state index in [2.05, 4.69) is 0 Å². The van der Waals surface area contributed by atoms with E-state index in [0.29, 0.717) is 12.2 Å². The highest BCUT2D eigenvalue weighted by atomic mass is 19.3. The number of halogens is 2. The van der Waals surface area contributed by atoms with Gasteiger partial charge in [-0.3, -0.25) is 0 Å². The molecule has 0 aromatic heterocycles. The van der Waals surface area contributed by atoms with Crippen LogP contribution in [0.2, 0.25) is 0 Å². The van der Waals surface area contributed by atoms with E-state index in [1.165, 1.54) is 24.3 Å². The van der Waals surface area contributed by atoms with Crippen LogP contribution < -0.4 is 4.74 Å². The summed E-state index contributed by atoms with van der Waals surface area (Å²) in [6.45, 7) is 0.665. The average Bonchev–Trinajstić information content (AvgIpc) is 2.94. The van der Waals surface area contributed by atoms with Crippen LogP contribution in [-0.2, 0) is 6.42 Å². The van der Waals surface area contributed by atoms with E-state index in [1.807, 2.05) is 12.1 Å². The summed E-state index contributed by atoms with van der Waals surface area (Å²) < 4.78 is 30.4. The molecule has 0 saturated carbocycles. The molecular formula is C16H14F2O2. The zero-order chi connectivity index (χ0) is 14.1. The van der Waals surface area contributed by atoms with Crippen LogP contribution in [0.4, 0.5) is 8.78 Å². The number of rotatable bonds is 3. The highest BCUT2D eigenvalue weighted by molar-refractivity contribution is 5.42. The molecule has 1 atom stereocenters. The molecule has 3 rings (SSSR count). The fourth-order valence-corrected chi connectivity index (χ4v) is 2.39. The molecule has 0 radical (unpaired) electrons. The first-order valence-electron chi connectivity index (χ1n) is 6.47. The van der Waals surface area contributed by atoms with E-state index in [4.69, 9.17) is 4.74 Å². The monoisotopic (exact) mass is 276 g/mol. The summed E-state index contributed by atoms with van der Waals surface area (Å²) in [6.07, 6.45) is -2.47. The first kappa shape index (κ1) is 13.1. The quantitative estimate of drug-likeness (QED) is 0.927. The maximum atomic E-state index is 12.5. The minimum absolute atomic E-state index is 0.0386. The Hall–Kier alpha value is -1.94. The molecule has 2 nitrogen and oxygen atoms in total. The number of aliphatic hydroxyl groups excluding tert-OH is 1. The molecule has 0 aliphatic carbocycles. The molecule has 104 valence electrons. The van der Waals surface area contributed by atoms with Crippen LogP contribution in [0.3, 0.4) is 0 Å². The van der Waals surface area contributed by atoms with Crippen molar-refractivity contribution in [3.63, 3.8) is 0 Å². The van der Waals surface area contributed by atoms with Gasteiger partial charge in [0.2, 0.25) is 0 Å². The average molecular weight is 276 g/mol. The highest BCUT2D eigenvalue weighted by Gasteiger charge is 2.17. The molecule has 0 amide bonds. The van der Waals surface area contributed by atoms with E-state index in [0.717, 1.165) is 23.3 Å². The molecule has 20 heavy (non-hydrogen) atoms. The molecule has 2 aromatic carbocycles. The van der Waals surface area contributed by atoms with Crippen LogP contribution in [0, 0.1) is 0 Å². The Labute approximate surface area is 115 Å². The van der Waals surface area contributed by atoms with Crippen LogP contribution in [0.5, 0.6) is 5.75 Å². The van der Waals surface area contributed by atoms with Gasteiger partial charge in [-0.25, -0.2) is 8.78 Å². The summed E-state index contributed by atoms with van der Waals surface area (Å²) in [5, 5.41) is 10.3. The Morgan fingerprint density at radius 3 is 2.30 bits per heavy atom. The molecule has 1 heterocycles. The first-order chi connectivity index (χ1) is 9.65. The number of hydrogen-bond acceptors (Lipinski definition) is 2. The van der Waals surface area contributed by atoms with E-state index >= 15 is 0 Å². The largest absolute Gasteiger partial charge is 0.493 e. The van der Waals surface area contributed by atoms with Crippen LogP contribution in [0.25, 0.3) is 0 Å². The maximum Gasteiger partial charge on any atom is 0.263 e. The van der Waals surface area contributed by atoms with Crippen LogP contribution >= 0.6 is 0 Å². The molecule has 0 saturated heterocycles. The van der Waals surface area contributed by atoms with Gasteiger partial charge in [0, 0.05) is 12.0 Å². The second-order valence-electron chi connectivity index (χ2n) is 4.84. The van der Waals surface area contributed by atoms with Crippen LogP contribution in [-0.4, -0.2) is 11.7 Å². The SMILES string of the molecule is OC(c1ccc(C(F)F)cc1)c1ccc2c(c1)CCO2. The first-order valence-corrected chi connectivity index (χ1v) is 6.47. The zero-order valence-electron chi connectivity index (χ0n) is 10.7. The van der Waals surface area contributed by atoms with Crippen molar-refractivity contribution in [1.82, 2.24) is 0 Å². The Kier molecular flexibility index (Phi) is 3.40. The summed E-state index contributed by atoms with van der Waals surface area (Å²) in [4.78, 5) is 0. The number of alkyl halides is 2. The van der Waals surface area contributed by atoms with Crippen molar-refractivity contribution in [2.45, 2.75) is 19.0 Å². The van der Waals surface area contributed by atoms with Gasteiger partial charge in [0.1, 0.15) is 11.9 Å². The summed E-state index contributed by atoms with van der Waals surface area (Å²) in [5.74, 6) is 0.856. The van der Waals surface area contributed by atoms with E-state index in [9.17, 15) is 13.9 Å². The molecule has 1 N–H and O–H groups in total. The van der Waals surface area contributed by atoms with E-state index in [-0.39, 0.29) is 5.56 Å². The predicted octanol–water partition coefficient (Wildman–Crippen LogP) is 3.64. The fraction of sp³-hybridized carbons (Fsp3) is 0.250. The minimum atomic E-state index is -2.49. The van der Waals surface area contributed by atoms with Gasteiger partial charge in [0.15, 0.2) is 0 Å². The van der Waals surface area contributed by atoms with Crippen LogP contribution in [0.1, 0.15) is 34.8 Å². The number of ether oxygens (including phenoxy) is 1. The summed E-state index contributed by atoms with van der Waals surface area (Å²) in [7, 11) is 0. The Bertz CT molecular complexity index is 608. The van der Waals surface area contributed by atoms with Gasteiger partial charge in [-0.05, 0) is 28.8 Å². The van der Waals surface area contributed by atoms with Crippen molar-refractivity contribution >= 4 is 0 Å². The van der Waals surface area contributed by atoms with Crippen molar-refractivity contribution in [2.24, 2.45) is 0 Å². The van der Waals surface area contributed by atoms with Gasteiger partial charge in [0.05, 0.1) is 6.61 Å². The summed E-state index contributed by atoms with van der Waals surface area (Å²) in [6, 6.07) is 11.3. The summed E-state index contributed by atoms with van der Waals surface area (Å²) in [5.41, 5.74) is 2.39. The number of fused-ring (bicyclic) bond motifs is 1. The standard InChI is InChI=1S/C16H14F2O2/c17-16(18)11-3-1-10(2-4-11)15(19)13-5-6-14-12(9-13)7-8-20-14/h1-6,9,15-16,19H,7-8H2. The van der Waals surface area contributed by atoms with Gasteiger partial charge in [0.25, 0.3) is 6.43 Å². The normalized spacial score (nSPS) is 15.0. The number of hydrogen-bond donors (Lipinski definition) is 1. The minimum Gasteiger partial charge on any atom is -0.493 e. The van der Waals surface area contributed by atoms with Crippen molar-refractivity contribution in [3.05, 3.63) is 64.7 Å². The fourth-order valence-electron chi connectivity index (χ4n) is 2.39. The van der Waals surface area contributed by atoms with Crippen LogP contribution in [0.15, 0.2) is 42.5 Å². The molecule has 4 heteroatoms. The van der Waals surface area contributed by atoms with Gasteiger partial charge in [-0.15, -0.1) is 0 Å². The van der Waals surface area contributed by atoms with Crippen molar-refractivity contribution in [1.29, 1.82) is 0 Å². The second-order valence-corrected chi connectivity index (χ2v) is 4.84. The predicted molar refractivity (Wildman–Crippen MR) is 71.1 cm³/mol. The molecule has 1 aliphatic rings. The summed E-state index contributed by atoms with van der Waals surface area (Å²) >= 11 is 0. The van der Waals surface area contributed by atoms with Crippen molar-refractivity contribution in [2.75, 3.05) is 6.61 Å². The van der Waals surface area contributed by atoms with Crippen molar-refractivity contribution in [3.8, 4) is 5.75 Å². The molecule has 2 aromatic rings. The molecule has 0 spiro atoms. The molecule has 1 aliphatic heterocycles. The third-order valence-electron chi connectivity index (χ3n) is 3.53. The third kappa shape index (κ3) is 2.39. The zero-order valence-corrected chi connectivity index (χ0v) is 10.7. The molecule has 1 unspecified atom stereocenters. The van der Waals surface area contributed by atoms with E-state index in [1.54, 1.807) is 6.07 Å². The van der Waals surface area contributed by atoms with Gasteiger partial charge < -0.3 is 9.84 Å². The third-order valence-corrected chi connectivity index (χ3v) is 3.53.